The lowest BCUT2D eigenvalue weighted by Crippen LogP contribution is -1.87. The Balaban J connectivity index is 1.66. The molecule has 3 aromatic carbocycles. The molecule has 0 aliphatic carbocycles. The Hall–Kier alpha value is -3.84. The van der Waals surface area contributed by atoms with Crippen LogP contribution in [0.5, 0.6) is 11.5 Å². The molecule has 1 aromatic heterocycles. The van der Waals surface area contributed by atoms with Gasteiger partial charge in [-0.2, -0.15) is 5.26 Å². The van der Waals surface area contributed by atoms with Crippen LogP contribution in [0.25, 0.3) is 22.7 Å². The molecule has 0 bridgehead atoms. The van der Waals surface area contributed by atoms with Gasteiger partial charge in [-0.1, -0.05) is 36.4 Å². The molecule has 0 fully saturated rings. The van der Waals surface area contributed by atoms with Gasteiger partial charge in [0.05, 0.1) is 16.6 Å². The summed E-state index contributed by atoms with van der Waals surface area (Å²) < 4.78 is 5.87. The van der Waals surface area contributed by atoms with Gasteiger partial charge >= 0.3 is 0 Å². The highest BCUT2D eigenvalue weighted by atomic mass is 16.5. The number of nitrogens with one attached hydrogen (secondary N) is 1. The number of allylic oxidation sites excluding steroid dienone is 1. The smallest absolute Gasteiger partial charge is 0.149 e. The van der Waals surface area contributed by atoms with Crippen molar-refractivity contribution in [2.24, 2.45) is 0 Å². The van der Waals surface area contributed by atoms with Crippen molar-refractivity contribution in [2.75, 3.05) is 0 Å². The molecule has 4 heteroatoms. The molecule has 0 radical (unpaired) electrons. The fourth-order valence-corrected chi connectivity index (χ4v) is 2.86. The van der Waals surface area contributed by atoms with Crippen LogP contribution in [0.2, 0.25) is 0 Å². The van der Waals surface area contributed by atoms with E-state index in [4.69, 9.17) is 4.74 Å². The van der Waals surface area contributed by atoms with Gasteiger partial charge in [0.2, 0.25) is 0 Å². The maximum Gasteiger partial charge on any atom is 0.149 e. The van der Waals surface area contributed by atoms with Gasteiger partial charge < -0.3 is 9.72 Å². The third kappa shape index (κ3) is 3.73. The van der Waals surface area contributed by atoms with Crippen molar-refractivity contribution in [1.29, 1.82) is 5.26 Å². The van der Waals surface area contributed by atoms with Gasteiger partial charge in [-0.15, -0.1) is 0 Å². The van der Waals surface area contributed by atoms with E-state index in [1.165, 1.54) is 0 Å². The van der Waals surface area contributed by atoms with E-state index in [-0.39, 0.29) is 0 Å². The molecule has 4 aromatic rings. The number of aromatic amines is 1. The van der Waals surface area contributed by atoms with Gasteiger partial charge in [-0.05, 0) is 60.5 Å². The van der Waals surface area contributed by atoms with E-state index in [1.807, 2.05) is 85.8 Å². The Morgan fingerprint density at radius 3 is 2.63 bits per heavy atom. The fraction of sp³-hybridized carbons (Fsp3) is 0.0435. The highest BCUT2D eigenvalue weighted by Gasteiger charge is 2.08. The van der Waals surface area contributed by atoms with Crippen LogP contribution in [0, 0.1) is 18.3 Å². The van der Waals surface area contributed by atoms with Gasteiger partial charge in [0, 0.05) is 0 Å². The van der Waals surface area contributed by atoms with Crippen molar-refractivity contribution in [3.05, 3.63) is 89.7 Å². The second-order valence-corrected chi connectivity index (χ2v) is 6.26. The van der Waals surface area contributed by atoms with E-state index >= 15 is 0 Å². The first-order valence-corrected chi connectivity index (χ1v) is 8.63. The number of H-pyrrole nitrogens is 1. The summed E-state index contributed by atoms with van der Waals surface area (Å²) in [6, 6.07) is 25.4. The lowest BCUT2D eigenvalue weighted by Gasteiger charge is -2.06. The van der Waals surface area contributed by atoms with Gasteiger partial charge in [-0.25, -0.2) is 4.98 Å². The highest BCUT2D eigenvalue weighted by molar-refractivity contribution is 5.90. The van der Waals surface area contributed by atoms with Gasteiger partial charge in [-0.3, -0.25) is 0 Å². The summed E-state index contributed by atoms with van der Waals surface area (Å²) in [4.78, 5) is 7.76. The van der Waals surface area contributed by atoms with Crippen LogP contribution in [0.3, 0.4) is 0 Å². The Labute approximate surface area is 157 Å². The molecule has 0 aliphatic rings. The zero-order valence-corrected chi connectivity index (χ0v) is 14.8. The monoisotopic (exact) mass is 351 g/mol. The van der Waals surface area contributed by atoms with E-state index in [0.29, 0.717) is 17.1 Å². The normalized spacial score (nSPS) is 11.3. The maximum atomic E-state index is 9.62. The molecule has 0 saturated carbocycles. The summed E-state index contributed by atoms with van der Waals surface area (Å²) in [6.45, 7) is 2.03. The van der Waals surface area contributed by atoms with Gasteiger partial charge in [0.1, 0.15) is 23.4 Å². The van der Waals surface area contributed by atoms with Gasteiger partial charge in [0.15, 0.2) is 0 Å². The number of para-hydroxylation sites is 1. The number of imidazole rings is 1. The topological polar surface area (TPSA) is 61.7 Å². The zero-order chi connectivity index (χ0) is 18.6. The fourth-order valence-electron chi connectivity index (χ4n) is 2.86. The van der Waals surface area contributed by atoms with Crippen molar-refractivity contribution in [1.82, 2.24) is 9.97 Å². The Bertz CT molecular complexity index is 1170. The molecule has 0 amide bonds. The van der Waals surface area contributed by atoms with E-state index < -0.39 is 0 Å². The maximum absolute atomic E-state index is 9.62. The summed E-state index contributed by atoms with van der Waals surface area (Å²) in [7, 11) is 0. The quantitative estimate of drug-likeness (QED) is 0.478. The number of aromatic nitrogens is 2. The van der Waals surface area contributed by atoms with E-state index in [2.05, 4.69) is 16.0 Å². The third-order valence-corrected chi connectivity index (χ3v) is 4.16. The third-order valence-electron chi connectivity index (χ3n) is 4.16. The molecule has 4 nitrogen and oxygen atoms in total. The molecule has 0 aliphatic heterocycles. The molecule has 1 N–H and O–H groups in total. The molecular weight excluding hydrogens is 334 g/mol. The average molecular weight is 351 g/mol. The van der Waals surface area contributed by atoms with Crippen molar-refractivity contribution in [3.63, 3.8) is 0 Å². The first-order valence-electron chi connectivity index (χ1n) is 8.63. The minimum absolute atomic E-state index is 0.473. The first-order chi connectivity index (χ1) is 13.2. The number of nitrogens with zero attached hydrogens (tertiary/aromatic N) is 2. The van der Waals surface area contributed by atoms with E-state index in [1.54, 1.807) is 0 Å². The molecule has 0 spiro atoms. The van der Waals surface area contributed by atoms with Gasteiger partial charge in [0.25, 0.3) is 0 Å². The summed E-state index contributed by atoms with van der Waals surface area (Å²) >= 11 is 0. The Morgan fingerprint density at radius 2 is 1.81 bits per heavy atom. The van der Waals surface area contributed by atoms with Crippen molar-refractivity contribution in [3.8, 4) is 17.6 Å². The van der Waals surface area contributed by atoms with Crippen LogP contribution in [-0.4, -0.2) is 9.97 Å². The Kier molecular flexibility index (Phi) is 4.42. The number of ether oxygens (including phenoxy) is 1. The van der Waals surface area contributed by atoms with Crippen molar-refractivity contribution < 1.29 is 4.74 Å². The van der Waals surface area contributed by atoms with E-state index in [9.17, 15) is 5.26 Å². The predicted molar refractivity (Wildman–Crippen MR) is 107 cm³/mol. The lowest BCUT2D eigenvalue weighted by molar-refractivity contribution is 0.482. The second-order valence-electron chi connectivity index (χ2n) is 6.26. The summed E-state index contributed by atoms with van der Waals surface area (Å²) in [5, 5.41) is 9.62. The minimum Gasteiger partial charge on any atom is -0.457 e. The first kappa shape index (κ1) is 16.6. The minimum atomic E-state index is 0.473. The second kappa shape index (κ2) is 7.19. The van der Waals surface area contributed by atoms with Crippen LogP contribution in [0.4, 0.5) is 0 Å². The lowest BCUT2D eigenvalue weighted by atomic mass is 10.1. The van der Waals surface area contributed by atoms with Crippen molar-refractivity contribution >= 4 is 22.7 Å². The molecule has 4 rings (SSSR count). The summed E-state index contributed by atoms with van der Waals surface area (Å²) in [6.07, 6.45) is 1.81. The summed E-state index contributed by atoms with van der Waals surface area (Å²) in [5.41, 5.74) is 4.26. The SMILES string of the molecule is Cc1ccc2nc(C(C#N)=Cc3cccc(Oc4ccccc4)c3)[nH]c2c1. The predicted octanol–water partition coefficient (Wildman–Crippen LogP) is 5.73. The molecule has 0 saturated heterocycles. The Morgan fingerprint density at radius 1 is 1.00 bits per heavy atom. The molecule has 1 heterocycles. The van der Waals surface area contributed by atoms with Crippen LogP contribution < -0.4 is 4.74 Å². The number of fused-ring (bicyclic) bond motifs is 1. The standard InChI is InChI=1S/C23H17N3O/c1-16-10-11-21-22(12-16)26-23(25-21)18(15-24)13-17-6-5-9-20(14-17)27-19-7-3-2-4-8-19/h2-14H,1H3,(H,25,26). The molecule has 0 atom stereocenters. The number of nitriles is 1. The number of benzene rings is 3. The zero-order valence-electron chi connectivity index (χ0n) is 14.8. The molecule has 130 valence electrons. The highest BCUT2D eigenvalue weighted by Crippen LogP contribution is 2.25. The molecular formula is C23H17N3O. The molecule has 0 unspecified atom stereocenters. The molecule has 27 heavy (non-hydrogen) atoms. The van der Waals surface area contributed by atoms with Crippen LogP contribution >= 0.6 is 0 Å². The van der Waals surface area contributed by atoms with Crippen LogP contribution in [0.15, 0.2) is 72.8 Å². The summed E-state index contributed by atoms with van der Waals surface area (Å²) in [5.74, 6) is 2.05. The number of hydrogen-bond acceptors (Lipinski definition) is 3. The number of hydrogen-bond donors (Lipinski definition) is 1. The van der Waals surface area contributed by atoms with E-state index in [0.717, 1.165) is 27.9 Å². The largest absolute Gasteiger partial charge is 0.457 e. The average Bonchev–Trinajstić information content (AvgIpc) is 3.10. The van der Waals surface area contributed by atoms with Crippen LogP contribution in [-0.2, 0) is 0 Å². The van der Waals surface area contributed by atoms with Crippen LogP contribution in [0.1, 0.15) is 17.0 Å². The van der Waals surface area contributed by atoms with Crippen molar-refractivity contribution in [2.45, 2.75) is 6.92 Å². The number of rotatable bonds is 4. The number of aryl methyl sites for hydroxylation is 1.